The maximum atomic E-state index is 2.47. The summed E-state index contributed by atoms with van der Waals surface area (Å²) in [4.78, 5) is 0. The monoisotopic (exact) mass is 650 g/mol. The van der Waals surface area contributed by atoms with Gasteiger partial charge in [-0.25, -0.2) is 0 Å². The van der Waals surface area contributed by atoms with Gasteiger partial charge in [-0.15, -0.1) is 0 Å². The minimum Gasteiger partial charge on any atom is -0.309 e. The fourth-order valence-corrected chi connectivity index (χ4v) is 7.86. The molecule has 3 heteroatoms. The number of rotatable bonds is 2. The van der Waals surface area contributed by atoms with Crippen molar-refractivity contribution < 1.29 is 0 Å². The Balaban J connectivity index is 1.39. The van der Waals surface area contributed by atoms with Crippen molar-refractivity contribution in [2.75, 3.05) is 0 Å². The molecule has 0 saturated carbocycles. The Kier molecular flexibility index (Phi) is 4.96. The van der Waals surface area contributed by atoms with Crippen LogP contribution in [0.25, 0.3) is 66.1 Å². The Morgan fingerprint density at radius 3 is 1.67 bits per heavy atom. The standard InChI is InChI=1S/C39H27IN2/c1-39(2)31-12-6-3-9-27(31)28-20-19-26(23-32(28)39)42-34-14-8-5-11-30(34)38-36(42)22-21-35-37(38)29-10-4-7-13-33(29)41(35)25-17-15-24(40)16-18-25/h3-23H,1-2H3. The molecule has 1 aliphatic carbocycles. The van der Waals surface area contributed by atoms with E-state index in [1.807, 2.05) is 0 Å². The van der Waals surface area contributed by atoms with Crippen molar-refractivity contribution in [1.82, 2.24) is 9.13 Å². The van der Waals surface area contributed by atoms with E-state index in [4.69, 9.17) is 0 Å². The van der Waals surface area contributed by atoms with E-state index >= 15 is 0 Å². The third-order valence-electron chi connectivity index (χ3n) is 9.38. The molecule has 9 rings (SSSR count). The lowest BCUT2D eigenvalue weighted by Crippen LogP contribution is -2.15. The summed E-state index contributed by atoms with van der Waals surface area (Å²) in [5, 5.41) is 5.19. The molecule has 0 spiro atoms. The summed E-state index contributed by atoms with van der Waals surface area (Å²) in [5.74, 6) is 0. The molecule has 2 aromatic heterocycles. The van der Waals surface area contributed by atoms with E-state index in [2.05, 4.69) is 173 Å². The van der Waals surface area contributed by atoms with Crippen LogP contribution < -0.4 is 0 Å². The lowest BCUT2D eigenvalue weighted by atomic mass is 9.82. The first-order valence-corrected chi connectivity index (χ1v) is 15.6. The lowest BCUT2D eigenvalue weighted by Gasteiger charge is -2.22. The summed E-state index contributed by atoms with van der Waals surface area (Å²) in [6.45, 7) is 4.71. The van der Waals surface area contributed by atoms with Crippen molar-refractivity contribution in [3.63, 3.8) is 0 Å². The zero-order chi connectivity index (χ0) is 28.2. The first-order chi connectivity index (χ1) is 20.5. The predicted octanol–water partition coefficient (Wildman–Crippen LogP) is 10.8. The quantitative estimate of drug-likeness (QED) is 0.165. The highest BCUT2D eigenvalue weighted by molar-refractivity contribution is 14.1. The number of nitrogens with zero attached hydrogens (tertiary/aromatic N) is 2. The van der Waals surface area contributed by atoms with Crippen LogP contribution in [0.3, 0.4) is 0 Å². The van der Waals surface area contributed by atoms with Crippen molar-refractivity contribution in [3.8, 4) is 22.5 Å². The van der Waals surface area contributed by atoms with Crippen LogP contribution in [0.2, 0.25) is 0 Å². The van der Waals surface area contributed by atoms with E-state index in [9.17, 15) is 0 Å². The van der Waals surface area contributed by atoms with Gasteiger partial charge in [0.1, 0.15) is 0 Å². The summed E-state index contributed by atoms with van der Waals surface area (Å²) in [5.41, 5.74) is 12.8. The van der Waals surface area contributed by atoms with Gasteiger partial charge < -0.3 is 9.13 Å². The molecular weight excluding hydrogens is 623 g/mol. The molecule has 200 valence electrons. The van der Waals surface area contributed by atoms with Crippen molar-refractivity contribution in [3.05, 3.63) is 142 Å². The van der Waals surface area contributed by atoms with Gasteiger partial charge in [-0.1, -0.05) is 80.6 Å². The molecule has 0 aliphatic heterocycles. The zero-order valence-electron chi connectivity index (χ0n) is 23.4. The van der Waals surface area contributed by atoms with Crippen molar-refractivity contribution in [1.29, 1.82) is 0 Å². The average molecular weight is 651 g/mol. The molecule has 8 aromatic rings. The fraction of sp³-hybridized carbons (Fsp3) is 0.0769. The summed E-state index contributed by atoms with van der Waals surface area (Å²) >= 11 is 2.38. The zero-order valence-corrected chi connectivity index (χ0v) is 25.6. The maximum Gasteiger partial charge on any atom is 0.0548 e. The Bertz CT molecular complexity index is 2390. The van der Waals surface area contributed by atoms with Gasteiger partial charge in [0, 0.05) is 41.9 Å². The number of benzene rings is 6. The van der Waals surface area contributed by atoms with Gasteiger partial charge in [0.15, 0.2) is 0 Å². The Morgan fingerprint density at radius 1 is 0.476 bits per heavy atom. The van der Waals surface area contributed by atoms with Crippen molar-refractivity contribution in [2.45, 2.75) is 19.3 Å². The van der Waals surface area contributed by atoms with Gasteiger partial charge in [0.2, 0.25) is 0 Å². The average Bonchev–Trinajstić information content (AvgIpc) is 3.61. The smallest absolute Gasteiger partial charge is 0.0548 e. The highest BCUT2D eigenvalue weighted by Gasteiger charge is 2.35. The first-order valence-electron chi connectivity index (χ1n) is 14.5. The van der Waals surface area contributed by atoms with E-state index in [0.29, 0.717) is 0 Å². The van der Waals surface area contributed by atoms with Gasteiger partial charge in [-0.2, -0.15) is 0 Å². The number of para-hydroxylation sites is 2. The van der Waals surface area contributed by atoms with Crippen LogP contribution >= 0.6 is 22.6 Å². The highest BCUT2D eigenvalue weighted by atomic mass is 127. The molecule has 0 bridgehead atoms. The number of hydrogen-bond acceptors (Lipinski definition) is 0. The summed E-state index contributed by atoms with van der Waals surface area (Å²) in [6.07, 6.45) is 0. The second-order valence-electron chi connectivity index (χ2n) is 11.9. The minimum absolute atomic E-state index is 0.0467. The second kappa shape index (κ2) is 8.59. The molecule has 0 fully saturated rings. The van der Waals surface area contributed by atoms with Crippen LogP contribution in [0.5, 0.6) is 0 Å². The van der Waals surface area contributed by atoms with E-state index < -0.39 is 0 Å². The first kappa shape index (κ1) is 24.3. The van der Waals surface area contributed by atoms with Crippen LogP contribution in [0, 0.1) is 3.57 Å². The van der Waals surface area contributed by atoms with Gasteiger partial charge in [-0.3, -0.25) is 0 Å². The summed E-state index contributed by atoms with van der Waals surface area (Å²) < 4.78 is 6.13. The molecule has 0 N–H and O–H groups in total. The summed E-state index contributed by atoms with van der Waals surface area (Å²) in [6, 6.07) is 47.2. The third kappa shape index (κ3) is 3.15. The van der Waals surface area contributed by atoms with E-state index in [1.165, 1.54) is 80.8 Å². The number of hydrogen-bond donors (Lipinski definition) is 0. The topological polar surface area (TPSA) is 9.86 Å². The van der Waals surface area contributed by atoms with Crippen LogP contribution in [0.1, 0.15) is 25.0 Å². The van der Waals surface area contributed by atoms with Crippen molar-refractivity contribution >= 4 is 66.2 Å². The van der Waals surface area contributed by atoms with Crippen LogP contribution in [-0.2, 0) is 5.41 Å². The number of fused-ring (bicyclic) bond motifs is 10. The largest absolute Gasteiger partial charge is 0.309 e. The van der Waals surface area contributed by atoms with E-state index in [0.717, 1.165) is 0 Å². The van der Waals surface area contributed by atoms with Crippen LogP contribution in [-0.4, -0.2) is 9.13 Å². The Labute approximate surface area is 258 Å². The molecule has 2 heterocycles. The van der Waals surface area contributed by atoms with Gasteiger partial charge >= 0.3 is 0 Å². The molecule has 2 nitrogen and oxygen atoms in total. The highest BCUT2D eigenvalue weighted by Crippen LogP contribution is 2.50. The van der Waals surface area contributed by atoms with E-state index in [1.54, 1.807) is 0 Å². The predicted molar refractivity (Wildman–Crippen MR) is 185 cm³/mol. The molecular formula is C39H27IN2. The second-order valence-corrected chi connectivity index (χ2v) is 13.2. The van der Waals surface area contributed by atoms with Crippen LogP contribution in [0.15, 0.2) is 127 Å². The van der Waals surface area contributed by atoms with E-state index in [-0.39, 0.29) is 5.41 Å². The Morgan fingerprint density at radius 2 is 1.00 bits per heavy atom. The van der Waals surface area contributed by atoms with Crippen molar-refractivity contribution in [2.24, 2.45) is 0 Å². The molecule has 1 aliphatic rings. The van der Waals surface area contributed by atoms with Gasteiger partial charge in [0.25, 0.3) is 0 Å². The van der Waals surface area contributed by atoms with Gasteiger partial charge in [-0.05, 0) is 106 Å². The van der Waals surface area contributed by atoms with Crippen LogP contribution in [0.4, 0.5) is 0 Å². The lowest BCUT2D eigenvalue weighted by molar-refractivity contribution is 0.660. The molecule has 42 heavy (non-hydrogen) atoms. The molecule has 6 aromatic carbocycles. The Hall–Kier alpha value is -4.35. The van der Waals surface area contributed by atoms with Gasteiger partial charge in [0.05, 0.1) is 22.1 Å². The molecule has 0 saturated heterocycles. The normalized spacial score (nSPS) is 13.8. The minimum atomic E-state index is -0.0467. The maximum absolute atomic E-state index is 2.47. The SMILES string of the molecule is CC1(C)c2ccccc2-c2ccc(-n3c4ccccc4c4c5c6ccccc6n(-c6ccc(I)cc6)c5ccc43)cc21. The molecule has 0 unspecified atom stereocenters. The number of aromatic nitrogens is 2. The molecule has 0 atom stereocenters. The molecule has 0 amide bonds. The fourth-order valence-electron chi connectivity index (χ4n) is 7.50. The number of halogens is 1. The summed E-state index contributed by atoms with van der Waals surface area (Å²) in [7, 11) is 0. The third-order valence-corrected chi connectivity index (χ3v) is 10.1. The molecule has 0 radical (unpaired) electrons.